The maximum absolute atomic E-state index is 15.0. The Morgan fingerprint density at radius 3 is 2.61 bits per heavy atom. The van der Waals surface area contributed by atoms with E-state index in [0.717, 1.165) is 17.5 Å². The first kappa shape index (κ1) is 20.9. The van der Waals surface area contributed by atoms with Crippen molar-refractivity contribution in [3.63, 3.8) is 0 Å². The van der Waals surface area contributed by atoms with Crippen molar-refractivity contribution in [2.45, 2.75) is 39.3 Å². The van der Waals surface area contributed by atoms with E-state index in [-0.39, 0.29) is 18.3 Å². The van der Waals surface area contributed by atoms with Crippen LogP contribution in [0.1, 0.15) is 51.0 Å². The molecule has 8 heteroatoms. The van der Waals surface area contributed by atoms with Crippen LogP contribution in [0.3, 0.4) is 0 Å². The highest BCUT2D eigenvalue weighted by Gasteiger charge is 2.29. The van der Waals surface area contributed by atoms with E-state index in [2.05, 4.69) is 5.10 Å². The highest BCUT2D eigenvalue weighted by molar-refractivity contribution is 5.95. The number of fused-ring (bicyclic) bond motifs is 1. The molecule has 1 aliphatic heterocycles. The number of benzene rings is 2. The zero-order valence-electron chi connectivity index (χ0n) is 18.5. The Hall–Kier alpha value is -3.94. The van der Waals surface area contributed by atoms with Crippen molar-refractivity contribution in [2.24, 2.45) is 5.73 Å². The predicted molar refractivity (Wildman–Crippen MR) is 122 cm³/mol. The molecule has 0 radical (unpaired) electrons. The lowest BCUT2D eigenvalue weighted by molar-refractivity contribution is 0.0999. The minimum Gasteiger partial charge on any atom is -0.366 e. The molecular weight excluding hydrogens is 421 g/mol. The van der Waals surface area contributed by atoms with Gasteiger partial charge >= 0.3 is 5.69 Å². The zero-order valence-corrected chi connectivity index (χ0v) is 18.5. The summed E-state index contributed by atoms with van der Waals surface area (Å²) >= 11 is 0. The van der Waals surface area contributed by atoms with Crippen LogP contribution in [0.5, 0.6) is 0 Å². The molecule has 0 saturated heterocycles. The zero-order chi connectivity index (χ0) is 23.3. The number of primary amides is 1. The summed E-state index contributed by atoms with van der Waals surface area (Å²) in [6, 6.07) is 14.5. The van der Waals surface area contributed by atoms with Crippen molar-refractivity contribution in [1.29, 1.82) is 0 Å². The molecule has 2 aromatic carbocycles. The number of aromatic nitrogens is 4. The Morgan fingerprint density at radius 1 is 1.18 bits per heavy atom. The molecule has 2 aromatic heterocycles. The fourth-order valence-electron chi connectivity index (χ4n) is 4.80. The van der Waals surface area contributed by atoms with Gasteiger partial charge in [0, 0.05) is 29.9 Å². The number of amides is 1. The van der Waals surface area contributed by atoms with Crippen LogP contribution in [-0.2, 0) is 13.0 Å². The molecule has 33 heavy (non-hydrogen) atoms. The number of hydrogen-bond acceptors (Lipinski definition) is 3. The Morgan fingerprint density at radius 2 is 1.94 bits per heavy atom. The first-order valence-corrected chi connectivity index (χ1v) is 10.9. The van der Waals surface area contributed by atoms with Gasteiger partial charge < -0.3 is 10.3 Å². The quantitative estimate of drug-likeness (QED) is 0.511. The van der Waals surface area contributed by atoms with Crippen molar-refractivity contribution in [1.82, 2.24) is 18.9 Å². The van der Waals surface area contributed by atoms with E-state index in [4.69, 9.17) is 5.73 Å². The molecule has 7 nitrogen and oxygen atoms in total. The van der Waals surface area contributed by atoms with Crippen LogP contribution in [-0.4, -0.2) is 24.8 Å². The van der Waals surface area contributed by atoms with E-state index in [1.807, 2.05) is 30.3 Å². The van der Waals surface area contributed by atoms with E-state index < -0.39 is 11.7 Å². The van der Waals surface area contributed by atoms with Gasteiger partial charge in [0.2, 0.25) is 0 Å². The first-order chi connectivity index (χ1) is 15.8. The lowest BCUT2D eigenvalue weighted by atomic mass is 10.1. The Balaban J connectivity index is 1.46. The largest absolute Gasteiger partial charge is 0.366 e. The number of nitrogens with zero attached hydrogens (tertiary/aromatic N) is 4. The third-order valence-electron chi connectivity index (χ3n) is 6.42. The molecular formula is C25H24FN5O2. The van der Waals surface area contributed by atoms with Gasteiger partial charge in [0.25, 0.3) is 5.91 Å². The highest BCUT2D eigenvalue weighted by atomic mass is 19.1. The standard InChI is InChI=1S/C25H24FN5O2/c1-15-13-29(16(2)23(15)24(27)32)14-18-8-9-19(12-20(18)26)31-25(33)30-21(10-11-22(30)28-31)17-6-4-3-5-7-17/h3-9,12-13,21H,10-11,14H2,1-2H3,(H2,27,32). The molecule has 1 unspecified atom stereocenters. The molecule has 4 aromatic rings. The summed E-state index contributed by atoms with van der Waals surface area (Å²) in [5.41, 5.74) is 8.98. The van der Waals surface area contributed by atoms with Gasteiger partial charge in [-0.15, -0.1) is 5.10 Å². The number of carbonyl (C=O) groups excluding carboxylic acids is 1. The van der Waals surface area contributed by atoms with Crippen molar-refractivity contribution in [3.05, 3.63) is 105 Å². The minimum atomic E-state index is -0.499. The summed E-state index contributed by atoms with van der Waals surface area (Å²) in [6.45, 7) is 3.83. The summed E-state index contributed by atoms with van der Waals surface area (Å²) in [7, 11) is 0. The van der Waals surface area contributed by atoms with E-state index in [0.29, 0.717) is 34.8 Å². The lowest BCUT2D eigenvalue weighted by Gasteiger charge is -2.12. The summed E-state index contributed by atoms with van der Waals surface area (Å²) in [5, 5.41) is 4.48. The van der Waals surface area contributed by atoms with Crippen molar-refractivity contribution in [2.75, 3.05) is 0 Å². The summed E-state index contributed by atoms with van der Waals surface area (Å²) in [6.07, 6.45) is 3.30. The molecule has 3 heterocycles. The van der Waals surface area contributed by atoms with Crippen molar-refractivity contribution < 1.29 is 9.18 Å². The van der Waals surface area contributed by atoms with Crippen molar-refractivity contribution >= 4 is 5.91 Å². The second-order valence-corrected chi connectivity index (χ2v) is 8.49. The lowest BCUT2D eigenvalue weighted by Crippen LogP contribution is -2.26. The average molecular weight is 445 g/mol. The summed E-state index contributed by atoms with van der Waals surface area (Å²) < 4.78 is 19.8. The minimum absolute atomic E-state index is 0.0639. The smallest absolute Gasteiger partial charge is 0.351 e. The molecule has 0 bridgehead atoms. The predicted octanol–water partition coefficient (Wildman–Crippen LogP) is 3.27. The Labute approximate surface area is 189 Å². The molecule has 0 spiro atoms. The van der Waals surface area contributed by atoms with E-state index in [1.165, 1.54) is 10.7 Å². The maximum Gasteiger partial charge on any atom is 0.351 e. The third-order valence-corrected chi connectivity index (χ3v) is 6.42. The first-order valence-electron chi connectivity index (χ1n) is 10.9. The van der Waals surface area contributed by atoms with E-state index >= 15 is 4.39 Å². The van der Waals surface area contributed by atoms with E-state index in [9.17, 15) is 9.59 Å². The maximum atomic E-state index is 15.0. The molecule has 1 atom stereocenters. The van der Waals surface area contributed by atoms with Crippen LogP contribution >= 0.6 is 0 Å². The van der Waals surface area contributed by atoms with Gasteiger partial charge in [-0.05, 0) is 37.5 Å². The molecule has 0 saturated carbocycles. The van der Waals surface area contributed by atoms with Gasteiger partial charge in [-0.2, -0.15) is 4.68 Å². The summed E-state index contributed by atoms with van der Waals surface area (Å²) in [5.74, 6) is -0.241. The molecule has 0 aliphatic carbocycles. The second kappa shape index (κ2) is 7.88. The molecule has 2 N–H and O–H groups in total. The molecule has 1 amide bonds. The fraction of sp³-hybridized carbons (Fsp3) is 0.240. The molecule has 168 valence electrons. The third kappa shape index (κ3) is 3.47. The SMILES string of the molecule is Cc1cn(Cc2ccc(-n3nc4n(c3=O)C(c3ccccc3)CC4)cc2F)c(C)c1C(N)=O. The van der Waals surface area contributed by atoms with Crippen LogP contribution in [0.4, 0.5) is 4.39 Å². The van der Waals surface area contributed by atoms with Crippen LogP contribution in [0, 0.1) is 19.7 Å². The van der Waals surface area contributed by atoms with E-state index in [1.54, 1.807) is 41.3 Å². The fourth-order valence-corrected chi connectivity index (χ4v) is 4.80. The Kier molecular flexibility index (Phi) is 5.00. The monoisotopic (exact) mass is 445 g/mol. The van der Waals surface area contributed by atoms with Gasteiger partial charge in [-0.1, -0.05) is 36.4 Å². The normalized spacial score (nSPS) is 15.1. The Bertz CT molecular complexity index is 1430. The number of nitrogens with two attached hydrogens (primary N) is 1. The summed E-state index contributed by atoms with van der Waals surface area (Å²) in [4.78, 5) is 24.8. The van der Waals surface area contributed by atoms with Gasteiger partial charge in [0.15, 0.2) is 0 Å². The van der Waals surface area contributed by atoms with Crippen LogP contribution in [0.25, 0.3) is 5.69 Å². The number of carbonyl (C=O) groups is 1. The van der Waals surface area contributed by atoms with Gasteiger partial charge in [0.05, 0.1) is 23.8 Å². The van der Waals surface area contributed by atoms with Crippen LogP contribution < -0.4 is 11.4 Å². The van der Waals surface area contributed by atoms with Crippen LogP contribution in [0.15, 0.2) is 59.5 Å². The number of aryl methyl sites for hydroxylation is 2. The number of hydrogen-bond donors (Lipinski definition) is 1. The van der Waals surface area contributed by atoms with Gasteiger partial charge in [0.1, 0.15) is 11.6 Å². The number of rotatable bonds is 5. The molecule has 0 fully saturated rings. The van der Waals surface area contributed by atoms with Crippen molar-refractivity contribution in [3.8, 4) is 5.69 Å². The average Bonchev–Trinajstić information content (AvgIpc) is 3.43. The second-order valence-electron chi connectivity index (χ2n) is 8.49. The topological polar surface area (TPSA) is 87.8 Å². The molecule has 1 aliphatic rings. The van der Waals surface area contributed by atoms with Gasteiger partial charge in [-0.3, -0.25) is 9.36 Å². The molecule has 5 rings (SSSR count). The van der Waals surface area contributed by atoms with Gasteiger partial charge in [-0.25, -0.2) is 9.18 Å². The highest BCUT2D eigenvalue weighted by Crippen LogP contribution is 2.29. The number of halogens is 1. The van der Waals surface area contributed by atoms with Crippen LogP contribution in [0.2, 0.25) is 0 Å².